The highest BCUT2D eigenvalue weighted by atomic mass is 35.5. The molecule has 14 heavy (non-hydrogen) atoms. The summed E-state index contributed by atoms with van der Waals surface area (Å²) >= 11 is 0. The first-order valence-electron chi connectivity index (χ1n) is 5.31. The molecular weight excluding hydrogens is 200 g/mol. The summed E-state index contributed by atoms with van der Waals surface area (Å²) in [6.07, 6.45) is 6.36. The molecule has 2 fully saturated rings. The Morgan fingerprint density at radius 3 is 2.14 bits per heavy atom. The van der Waals surface area contributed by atoms with E-state index in [4.69, 9.17) is 5.73 Å². The third-order valence-corrected chi connectivity index (χ3v) is 3.07. The molecule has 3 N–H and O–H groups in total. The lowest BCUT2D eigenvalue weighted by Crippen LogP contribution is -2.37. The van der Waals surface area contributed by atoms with Gasteiger partial charge in [0.1, 0.15) is 0 Å². The Hall–Kier alpha value is -0.280. The first-order chi connectivity index (χ1) is 6.25. The van der Waals surface area contributed by atoms with Crippen LogP contribution in [0.1, 0.15) is 38.5 Å². The van der Waals surface area contributed by atoms with Crippen LogP contribution in [0.3, 0.4) is 0 Å². The highest BCUT2D eigenvalue weighted by Gasteiger charge is 2.29. The SMILES string of the molecule is Cl.NC1CCC(C(=O)NC2CC2)CC1. The largest absolute Gasteiger partial charge is 0.353 e. The molecule has 0 spiro atoms. The summed E-state index contributed by atoms with van der Waals surface area (Å²) in [6, 6.07) is 0.841. The topological polar surface area (TPSA) is 55.1 Å². The standard InChI is InChI=1S/C10H18N2O.ClH/c11-8-3-1-7(2-4-8)10(13)12-9-5-6-9;/h7-9H,1-6,11H2,(H,12,13);1H. The molecule has 0 unspecified atom stereocenters. The third kappa shape index (κ3) is 3.14. The highest BCUT2D eigenvalue weighted by Crippen LogP contribution is 2.25. The number of carbonyl (C=O) groups excluding carboxylic acids is 1. The number of hydrogen-bond acceptors (Lipinski definition) is 2. The molecule has 0 bridgehead atoms. The predicted molar refractivity (Wildman–Crippen MR) is 58.3 cm³/mol. The van der Waals surface area contributed by atoms with E-state index in [2.05, 4.69) is 5.32 Å². The molecule has 2 saturated carbocycles. The van der Waals surface area contributed by atoms with Crippen LogP contribution in [0.5, 0.6) is 0 Å². The molecule has 2 aliphatic carbocycles. The second-order valence-corrected chi connectivity index (χ2v) is 4.39. The number of rotatable bonds is 2. The second-order valence-electron chi connectivity index (χ2n) is 4.39. The average Bonchev–Trinajstić information content (AvgIpc) is 2.89. The van der Waals surface area contributed by atoms with Crippen LogP contribution in [0.2, 0.25) is 0 Å². The van der Waals surface area contributed by atoms with Gasteiger partial charge < -0.3 is 11.1 Å². The first-order valence-corrected chi connectivity index (χ1v) is 5.31. The van der Waals surface area contributed by atoms with Crippen molar-refractivity contribution < 1.29 is 4.79 Å². The zero-order valence-corrected chi connectivity index (χ0v) is 9.19. The third-order valence-electron chi connectivity index (χ3n) is 3.07. The summed E-state index contributed by atoms with van der Waals surface area (Å²) in [5.74, 6) is 0.523. The molecule has 2 rings (SSSR count). The molecule has 4 heteroatoms. The summed E-state index contributed by atoms with van der Waals surface area (Å²) in [7, 11) is 0. The van der Waals surface area contributed by atoms with Gasteiger partial charge in [0.2, 0.25) is 5.91 Å². The van der Waals surface area contributed by atoms with Gasteiger partial charge in [0.15, 0.2) is 0 Å². The maximum absolute atomic E-state index is 11.6. The van der Waals surface area contributed by atoms with E-state index in [1.165, 1.54) is 12.8 Å². The van der Waals surface area contributed by atoms with Crippen LogP contribution in [0.15, 0.2) is 0 Å². The van der Waals surface area contributed by atoms with Crippen LogP contribution in [-0.2, 0) is 4.79 Å². The van der Waals surface area contributed by atoms with Gasteiger partial charge in [-0.25, -0.2) is 0 Å². The zero-order chi connectivity index (χ0) is 9.26. The van der Waals surface area contributed by atoms with Gasteiger partial charge >= 0.3 is 0 Å². The molecule has 1 amide bonds. The summed E-state index contributed by atoms with van der Waals surface area (Å²) in [5.41, 5.74) is 5.78. The van der Waals surface area contributed by atoms with E-state index in [0.29, 0.717) is 12.1 Å². The number of nitrogens with one attached hydrogen (secondary N) is 1. The molecule has 0 radical (unpaired) electrons. The van der Waals surface area contributed by atoms with Crippen LogP contribution in [-0.4, -0.2) is 18.0 Å². The minimum absolute atomic E-state index is 0. The van der Waals surface area contributed by atoms with Gasteiger partial charge in [0, 0.05) is 18.0 Å². The molecule has 0 aromatic carbocycles. The molecule has 82 valence electrons. The Labute approximate surface area is 91.2 Å². The van der Waals surface area contributed by atoms with Crippen molar-refractivity contribution in [2.75, 3.05) is 0 Å². The second kappa shape index (κ2) is 4.99. The van der Waals surface area contributed by atoms with E-state index in [-0.39, 0.29) is 24.2 Å². The molecule has 0 heterocycles. The van der Waals surface area contributed by atoms with Crippen molar-refractivity contribution in [2.24, 2.45) is 11.7 Å². The zero-order valence-electron chi connectivity index (χ0n) is 8.37. The van der Waals surface area contributed by atoms with E-state index < -0.39 is 0 Å². The van der Waals surface area contributed by atoms with E-state index in [1.807, 2.05) is 0 Å². The monoisotopic (exact) mass is 218 g/mol. The lowest BCUT2D eigenvalue weighted by Gasteiger charge is -2.25. The van der Waals surface area contributed by atoms with Gasteiger partial charge in [-0.3, -0.25) is 4.79 Å². The molecule has 0 aromatic heterocycles. The molecule has 0 aromatic rings. The summed E-state index contributed by atoms with van der Waals surface area (Å²) in [5, 5.41) is 3.06. The van der Waals surface area contributed by atoms with Crippen molar-refractivity contribution in [1.82, 2.24) is 5.32 Å². The van der Waals surface area contributed by atoms with E-state index >= 15 is 0 Å². The van der Waals surface area contributed by atoms with E-state index in [9.17, 15) is 4.79 Å². The van der Waals surface area contributed by atoms with Crippen molar-refractivity contribution in [1.29, 1.82) is 0 Å². The Morgan fingerprint density at radius 1 is 1.07 bits per heavy atom. The van der Waals surface area contributed by atoms with Crippen molar-refractivity contribution in [3.05, 3.63) is 0 Å². The van der Waals surface area contributed by atoms with Crippen molar-refractivity contribution in [3.63, 3.8) is 0 Å². The minimum atomic E-state index is 0. The summed E-state index contributed by atoms with van der Waals surface area (Å²) in [4.78, 5) is 11.6. The van der Waals surface area contributed by atoms with Crippen LogP contribution in [0.4, 0.5) is 0 Å². The fraction of sp³-hybridized carbons (Fsp3) is 0.900. The smallest absolute Gasteiger partial charge is 0.223 e. The van der Waals surface area contributed by atoms with Gasteiger partial charge in [-0.1, -0.05) is 0 Å². The van der Waals surface area contributed by atoms with Crippen LogP contribution >= 0.6 is 12.4 Å². The number of nitrogens with two attached hydrogens (primary N) is 1. The van der Waals surface area contributed by atoms with Crippen LogP contribution in [0, 0.1) is 5.92 Å². The Balaban J connectivity index is 0.000000980. The van der Waals surface area contributed by atoms with Gasteiger partial charge in [-0.15, -0.1) is 12.4 Å². The van der Waals surface area contributed by atoms with Gasteiger partial charge in [0.05, 0.1) is 0 Å². The van der Waals surface area contributed by atoms with Crippen molar-refractivity contribution in [3.8, 4) is 0 Å². The maximum Gasteiger partial charge on any atom is 0.223 e. The average molecular weight is 219 g/mol. The maximum atomic E-state index is 11.6. The van der Waals surface area contributed by atoms with Crippen molar-refractivity contribution >= 4 is 18.3 Å². The van der Waals surface area contributed by atoms with Gasteiger partial charge in [-0.05, 0) is 38.5 Å². The summed E-state index contributed by atoms with van der Waals surface area (Å²) < 4.78 is 0. The number of halogens is 1. The quantitative estimate of drug-likeness (QED) is 0.732. The predicted octanol–water partition coefficient (Wildman–Crippen LogP) is 1.20. The highest BCUT2D eigenvalue weighted by molar-refractivity contribution is 5.85. The van der Waals surface area contributed by atoms with Crippen molar-refractivity contribution in [2.45, 2.75) is 50.6 Å². The van der Waals surface area contributed by atoms with Gasteiger partial charge in [0.25, 0.3) is 0 Å². The lowest BCUT2D eigenvalue weighted by atomic mass is 9.86. The van der Waals surface area contributed by atoms with Crippen LogP contribution < -0.4 is 11.1 Å². The number of carbonyl (C=O) groups is 1. The Morgan fingerprint density at radius 2 is 1.64 bits per heavy atom. The molecule has 3 nitrogen and oxygen atoms in total. The molecular formula is C10H19ClN2O. The minimum Gasteiger partial charge on any atom is -0.353 e. The fourth-order valence-corrected chi connectivity index (χ4v) is 1.93. The lowest BCUT2D eigenvalue weighted by molar-refractivity contribution is -0.126. The molecule has 2 aliphatic rings. The molecule has 0 atom stereocenters. The normalized spacial score (nSPS) is 31.8. The Bertz CT molecular complexity index is 198. The summed E-state index contributed by atoms with van der Waals surface area (Å²) in [6.45, 7) is 0. The molecule has 0 saturated heterocycles. The fourth-order valence-electron chi connectivity index (χ4n) is 1.93. The van der Waals surface area contributed by atoms with Crippen LogP contribution in [0.25, 0.3) is 0 Å². The first kappa shape index (κ1) is 11.8. The van der Waals surface area contributed by atoms with Gasteiger partial charge in [-0.2, -0.15) is 0 Å². The molecule has 0 aliphatic heterocycles. The number of amides is 1. The number of hydrogen-bond donors (Lipinski definition) is 2. The Kier molecular flexibility index (Phi) is 4.20. The van der Waals surface area contributed by atoms with E-state index in [0.717, 1.165) is 25.7 Å². The van der Waals surface area contributed by atoms with E-state index in [1.54, 1.807) is 0 Å².